The largest absolute Gasteiger partial charge is 0.497 e. The third-order valence-corrected chi connectivity index (χ3v) is 4.28. The molecule has 1 N–H and O–H groups in total. The first-order valence-corrected chi connectivity index (χ1v) is 8.93. The van der Waals surface area contributed by atoms with Crippen molar-refractivity contribution in [3.05, 3.63) is 72.2 Å². The highest BCUT2D eigenvalue weighted by Gasteiger charge is 2.21. The number of ether oxygens (including phenoxy) is 2. The molecule has 0 saturated heterocycles. The zero-order valence-corrected chi connectivity index (χ0v) is 15.8. The van der Waals surface area contributed by atoms with Crippen LogP contribution in [0.3, 0.4) is 0 Å². The smallest absolute Gasteiger partial charge is 0.357 e. The average molecular weight is 390 g/mol. The number of nitrogens with zero attached hydrogens (tertiary/aromatic N) is 3. The summed E-state index contributed by atoms with van der Waals surface area (Å²) >= 11 is 0. The fraction of sp³-hybridized carbons (Fsp3) is 0.143. The van der Waals surface area contributed by atoms with Gasteiger partial charge in [0.2, 0.25) is 5.89 Å². The first-order chi connectivity index (χ1) is 14.1. The van der Waals surface area contributed by atoms with Gasteiger partial charge in [-0.3, -0.25) is 5.10 Å². The third-order valence-electron chi connectivity index (χ3n) is 4.28. The number of nitrogens with one attached hydrogen (secondary N) is 1. The van der Waals surface area contributed by atoms with E-state index < -0.39 is 12.1 Å². The summed E-state index contributed by atoms with van der Waals surface area (Å²) in [5, 5.41) is 14.9. The maximum Gasteiger partial charge on any atom is 0.357 e. The normalized spacial score (nSPS) is 11.8. The van der Waals surface area contributed by atoms with Gasteiger partial charge in [0.25, 0.3) is 5.89 Å². The lowest BCUT2D eigenvalue weighted by molar-refractivity contribution is 0.0273. The molecule has 0 aliphatic carbocycles. The van der Waals surface area contributed by atoms with Gasteiger partial charge in [0.15, 0.2) is 6.10 Å². The van der Waals surface area contributed by atoms with Gasteiger partial charge in [0.05, 0.1) is 12.8 Å². The minimum absolute atomic E-state index is 0.201. The van der Waals surface area contributed by atoms with E-state index in [9.17, 15) is 4.79 Å². The molecular formula is C21H18N4O4. The van der Waals surface area contributed by atoms with Crippen LogP contribution in [-0.2, 0) is 4.74 Å². The van der Waals surface area contributed by atoms with Gasteiger partial charge in [0, 0.05) is 11.1 Å². The molecule has 8 nitrogen and oxygen atoms in total. The lowest BCUT2D eigenvalue weighted by Gasteiger charge is -2.07. The van der Waals surface area contributed by atoms with Crippen LogP contribution in [0.15, 0.2) is 65.1 Å². The molecule has 4 aromatic rings. The maximum atomic E-state index is 12.4. The summed E-state index contributed by atoms with van der Waals surface area (Å²) in [5.74, 6) is 0.701. The number of aromatic amines is 1. The second-order valence-corrected chi connectivity index (χ2v) is 6.25. The Bertz CT molecular complexity index is 1100. The van der Waals surface area contributed by atoms with E-state index in [2.05, 4.69) is 20.4 Å². The van der Waals surface area contributed by atoms with Crippen molar-refractivity contribution in [3.8, 4) is 28.5 Å². The van der Waals surface area contributed by atoms with Gasteiger partial charge in [-0.1, -0.05) is 30.3 Å². The molecule has 0 amide bonds. The zero-order chi connectivity index (χ0) is 20.2. The fourth-order valence-electron chi connectivity index (χ4n) is 2.71. The Morgan fingerprint density at radius 3 is 2.52 bits per heavy atom. The molecule has 0 aliphatic heterocycles. The Labute approximate surface area is 166 Å². The lowest BCUT2D eigenvalue weighted by atomic mass is 10.1. The van der Waals surface area contributed by atoms with Crippen LogP contribution in [0.5, 0.6) is 5.75 Å². The van der Waals surface area contributed by atoms with Gasteiger partial charge in [0.1, 0.15) is 11.4 Å². The van der Waals surface area contributed by atoms with Crippen LogP contribution < -0.4 is 4.74 Å². The number of H-pyrrole nitrogens is 1. The Morgan fingerprint density at radius 2 is 1.79 bits per heavy atom. The van der Waals surface area contributed by atoms with Crippen LogP contribution in [0.2, 0.25) is 0 Å². The van der Waals surface area contributed by atoms with Gasteiger partial charge in [-0.25, -0.2) is 4.79 Å². The topological polar surface area (TPSA) is 103 Å². The molecule has 8 heteroatoms. The zero-order valence-electron chi connectivity index (χ0n) is 15.8. The molecule has 2 heterocycles. The number of methoxy groups -OCH3 is 1. The molecule has 2 aromatic heterocycles. The number of hydrogen-bond donors (Lipinski definition) is 1. The van der Waals surface area contributed by atoms with Crippen molar-refractivity contribution in [3.63, 3.8) is 0 Å². The molecule has 2 aromatic carbocycles. The minimum Gasteiger partial charge on any atom is -0.497 e. The van der Waals surface area contributed by atoms with Gasteiger partial charge in [-0.15, -0.1) is 10.2 Å². The van der Waals surface area contributed by atoms with E-state index in [-0.39, 0.29) is 11.6 Å². The molecule has 0 aliphatic rings. The van der Waals surface area contributed by atoms with E-state index >= 15 is 0 Å². The summed E-state index contributed by atoms with van der Waals surface area (Å²) in [7, 11) is 1.60. The van der Waals surface area contributed by atoms with Gasteiger partial charge < -0.3 is 13.9 Å². The van der Waals surface area contributed by atoms with E-state index in [1.165, 1.54) is 0 Å². The summed E-state index contributed by atoms with van der Waals surface area (Å²) < 4.78 is 16.2. The van der Waals surface area contributed by atoms with E-state index in [4.69, 9.17) is 13.9 Å². The highest BCUT2D eigenvalue weighted by molar-refractivity contribution is 5.88. The van der Waals surface area contributed by atoms with Gasteiger partial charge >= 0.3 is 5.97 Å². The van der Waals surface area contributed by atoms with Crippen LogP contribution in [0, 0.1) is 0 Å². The van der Waals surface area contributed by atoms with Crippen molar-refractivity contribution in [2.24, 2.45) is 0 Å². The van der Waals surface area contributed by atoms with Gasteiger partial charge in [-0.2, -0.15) is 5.10 Å². The number of carbonyl (C=O) groups excluding carboxylic acids is 1. The van der Waals surface area contributed by atoms with Crippen molar-refractivity contribution in [2.45, 2.75) is 13.0 Å². The van der Waals surface area contributed by atoms with E-state index in [0.29, 0.717) is 11.6 Å². The van der Waals surface area contributed by atoms with Crippen molar-refractivity contribution >= 4 is 5.97 Å². The summed E-state index contributed by atoms with van der Waals surface area (Å²) in [6, 6.07) is 18.4. The third kappa shape index (κ3) is 4.01. The standard InChI is InChI=1S/C21H18N4O4/c1-13(19-24-25-20(29-19)15-8-10-16(27-2)11-9-15)28-21(26)18-12-17(22-23-18)14-6-4-3-5-7-14/h3-13H,1-2H3,(H,22,23)/t13-/m0/s1. The van der Waals surface area contributed by atoms with Crippen LogP contribution in [0.25, 0.3) is 22.7 Å². The molecule has 0 bridgehead atoms. The number of hydrogen-bond acceptors (Lipinski definition) is 7. The molecule has 0 radical (unpaired) electrons. The van der Waals surface area contributed by atoms with E-state index in [0.717, 1.165) is 16.9 Å². The quantitative estimate of drug-likeness (QED) is 0.495. The second-order valence-electron chi connectivity index (χ2n) is 6.25. The number of benzene rings is 2. The first kappa shape index (κ1) is 18.4. The predicted octanol–water partition coefficient (Wildman–Crippen LogP) is 4.05. The summed E-state index contributed by atoms with van der Waals surface area (Å²) in [6.45, 7) is 1.66. The Hall–Kier alpha value is -3.94. The van der Waals surface area contributed by atoms with Crippen LogP contribution in [-0.4, -0.2) is 33.5 Å². The summed E-state index contributed by atoms with van der Waals surface area (Å²) in [6.07, 6.45) is -0.717. The molecular weight excluding hydrogens is 372 g/mol. The molecule has 0 spiro atoms. The van der Waals surface area contributed by atoms with Crippen molar-refractivity contribution < 1.29 is 18.7 Å². The van der Waals surface area contributed by atoms with E-state index in [1.54, 1.807) is 32.2 Å². The van der Waals surface area contributed by atoms with E-state index in [1.807, 2.05) is 42.5 Å². The number of carbonyl (C=O) groups is 1. The SMILES string of the molecule is COc1ccc(-c2nnc([C@H](C)OC(=O)c3cc(-c4ccccc4)n[nH]3)o2)cc1. The molecule has 0 saturated carbocycles. The number of aromatic nitrogens is 4. The summed E-state index contributed by atoms with van der Waals surface area (Å²) in [4.78, 5) is 12.4. The number of rotatable bonds is 6. The molecule has 4 rings (SSSR count). The Kier molecular flexibility index (Phi) is 5.07. The number of esters is 1. The lowest BCUT2D eigenvalue weighted by Crippen LogP contribution is -2.10. The fourth-order valence-corrected chi connectivity index (χ4v) is 2.71. The van der Waals surface area contributed by atoms with Gasteiger partial charge in [-0.05, 0) is 37.3 Å². The van der Waals surface area contributed by atoms with Crippen LogP contribution in [0.1, 0.15) is 29.4 Å². The van der Waals surface area contributed by atoms with Crippen molar-refractivity contribution in [1.82, 2.24) is 20.4 Å². The maximum absolute atomic E-state index is 12.4. The Morgan fingerprint density at radius 1 is 1.03 bits per heavy atom. The highest BCUT2D eigenvalue weighted by Crippen LogP contribution is 2.25. The molecule has 0 unspecified atom stereocenters. The second kappa shape index (κ2) is 7.97. The Balaban J connectivity index is 1.44. The summed E-state index contributed by atoms with van der Waals surface area (Å²) in [5.41, 5.74) is 2.54. The predicted molar refractivity (Wildman–Crippen MR) is 104 cm³/mol. The van der Waals surface area contributed by atoms with Crippen molar-refractivity contribution in [2.75, 3.05) is 7.11 Å². The minimum atomic E-state index is -0.717. The van der Waals surface area contributed by atoms with Crippen LogP contribution >= 0.6 is 0 Å². The molecule has 29 heavy (non-hydrogen) atoms. The van der Waals surface area contributed by atoms with Crippen molar-refractivity contribution in [1.29, 1.82) is 0 Å². The monoisotopic (exact) mass is 390 g/mol. The highest BCUT2D eigenvalue weighted by atomic mass is 16.6. The average Bonchev–Trinajstić information content (AvgIpc) is 3.45. The molecule has 0 fully saturated rings. The first-order valence-electron chi connectivity index (χ1n) is 8.93. The van der Waals surface area contributed by atoms with Crippen LogP contribution in [0.4, 0.5) is 0 Å². The molecule has 146 valence electrons. The molecule has 1 atom stereocenters.